The van der Waals surface area contributed by atoms with Gasteiger partial charge in [0.15, 0.2) is 0 Å². The van der Waals surface area contributed by atoms with Crippen LogP contribution in [0.1, 0.15) is 24.0 Å². The summed E-state index contributed by atoms with van der Waals surface area (Å²) in [6.45, 7) is 3.86. The SMILES string of the molecule is Cc1ccc2c(CC(=O)N3CCCC3)coc2c1. The maximum Gasteiger partial charge on any atom is 0.227 e. The van der Waals surface area contributed by atoms with Crippen molar-refractivity contribution in [1.29, 1.82) is 0 Å². The van der Waals surface area contributed by atoms with E-state index in [2.05, 4.69) is 6.07 Å². The second-order valence-corrected chi connectivity index (χ2v) is 5.03. The van der Waals surface area contributed by atoms with E-state index in [1.54, 1.807) is 6.26 Å². The molecule has 0 aliphatic carbocycles. The molecule has 0 atom stereocenters. The molecule has 2 heterocycles. The predicted molar refractivity (Wildman–Crippen MR) is 70.5 cm³/mol. The van der Waals surface area contributed by atoms with Gasteiger partial charge in [0.2, 0.25) is 5.91 Å². The highest BCUT2D eigenvalue weighted by molar-refractivity contribution is 5.88. The van der Waals surface area contributed by atoms with Crippen molar-refractivity contribution in [3.8, 4) is 0 Å². The van der Waals surface area contributed by atoms with Gasteiger partial charge in [0, 0.05) is 24.0 Å². The molecule has 0 unspecified atom stereocenters. The maximum atomic E-state index is 12.1. The number of carbonyl (C=O) groups excluding carboxylic acids is 1. The van der Waals surface area contributed by atoms with Crippen molar-refractivity contribution in [3.05, 3.63) is 35.6 Å². The summed E-state index contributed by atoms with van der Waals surface area (Å²) in [5.41, 5.74) is 3.05. The van der Waals surface area contributed by atoms with Gasteiger partial charge in [-0.25, -0.2) is 0 Å². The molecule has 0 radical (unpaired) electrons. The highest BCUT2D eigenvalue weighted by Crippen LogP contribution is 2.23. The molecule has 3 heteroatoms. The zero-order chi connectivity index (χ0) is 12.5. The van der Waals surface area contributed by atoms with E-state index in [0.29, 0.717) is 6.42 Å². The van der Waals surface area contributed by atoms with E-state index in [4.69, 9.17) is 4.42 Å². The van der Waals surface area contributed by atoms with Crippen molar-refractivity contribution in [2.75, 3.05) is 13.1 Å². The van der Waals surface area contributed by atoms with Crippen molar-refractivity contribution in [1.82, 2.24) is 4.90 Å². The lowest BCUT2D eigenvalue weighted by Gasteiger charge is -2.14. The summed E-state index contributed by atoms with van der Waals surface area (Å²) in [5, 5.41) is 1.06. The molecule has 1 saturated heterocycles. The van der Waals surface area contributed by atoms with Crippen molar-refractivity contribution in [2.45, 2.75) is 26.2 Å². The highest BCUT2D eigenvalue weighted by Gasteiger charge is 2.19. The van der Waals surface area contributed by atoms with Crippen molar-refractivity contribution in [3.63, 3.8) is 0 Å². The molecule has 1 fully saturated rings. The fraction of sp³-hybridized carbons (Fsp3) is 0.400. The van der Waals surface area contributed by atoms with E-state index in [-0.39, 0.29) is 5.91 Å². The number of furan rings is 1. The summed E-state index contributed by atoms with van der Waals surface area (Å²) in [6.07, 6.45) is 4.45. The Labute approximate surface area is 106 Å². The standard InChI is InChI=1S/C15H17NO2/c1-11-4-5-13-12(10-18-14(13)8-11)9-15(17)16-6-2-3-7-16/h4-5,8,10H,2-3,6-7,9H2,1H3. The van der Waals surface area contributed by atoms with Crippen LogP contribution in [0.4, 0.5) is 0 Å². The molecule has 2 aromatic rings. The number of rotatable bonds is 2. The summed E-state index contributed by atoms with van der Waals surface area (Å²) in [7, 11) is 0. The molecule has 0 spiro atoms. The number of fused-ring (bicyclic) bond motifs is 1. The molecule has 1 amide bonds. The third kappa shape index (κ3) is 2.01. The molecule has 3 rings (SSSR count). The Morgan fingerprint density at radius 2 is 2.11 bits per heavy atom. The van der Waals surface area contributed by atoms with Crippen LogP contribution in [0.15, 0.2) is 28.9 Å². The molecule has 1 aliphatic rings. The lowest BCUT2D eigenvalue weighted by Crippen LogP contribution is -2.28. The van der Waals surface area contributed by atoms with Gasteiger partial charge in [-0.1, -0.05) is 12.1 Å². The van der Waals surface area contributed by atoms with Crippen molar-refractivity contribution in [2.24, 2.45) is 0 Å². The quantitative estimate of drug-likeness (QED) is 0.812. The third-order valence-electron chi connectivity index (χ3n) is 3.61. The minimum absolute atomic E-state index is 0.218. The zero-order valence-electron chi connectivity index (χ0n) is 10.6. The molecule has 3 nitrogen and oxygen atoms in total. The minimum Gasteiger partial charge on any atom is -0.464 e. The second kappa shape index (κ2) is 4.48. The summed E-state index contributed by atoms with van der Waals surface area (Å²) in [5.74, 6) is 0.218. The molecular formula is C15H17NO2. The van der Waals surface area contributed by atoms with E-state index in [9.17, 15) is 4.79 Å². The summed E-state index contributed by atoms with van der Waals surface area (Å²) in [4.78, 5) is 14.1. The van der Waals surface area contributed by atoms with E-state index in [1.165, 1.54) is 5.56 Å². The normalized spacial score (nSPS) is 15.5. The first-order valence-corrected chi connectivity index (χ1v) is 6.48. The number of hydrogen-bond donors (Lipinski definition) is 0. The molecule has 1 aromatic carbocycles. The number of amides is 1. The average molecular weight is 243 g/mol. The topological polar surface area (TPSA) is 33.5 Å². The average Bonchev–Trinajstić information content (AvgIpc) is 2.98. The molecule has 0 N–H and O–H groups in total. The second-order valence-electron chi connectivity index (χ2n) is 5.03. The third-order valence-corrected chi connectivity index (χ3v) is 3.61. The molecule has 1 aromatic heterocycles. The van der Waals surface area contributed by atoms with Gasteiger partial charge < -0.3 is 9.32 Å². The summed E-state index contributed by atoms with van der Waals surface area (Å²) in [6, 6.07) is 6.11. The fourth-order valence-corrected chi connectivity index (χ4v) is 2.57. The highest BCUT2D eigenvalue weighted by atomic mass is 16.3. The number of carbonyl (C=O) groups is 1. The van der Waals surface area contributed by atoms with Gasteiger partial charge in [0.25, 0.3) is 0 Å². The number of hydrogen-bond acceptors (Lipinski definition) is 2. The largest absolute Gasteiger partial charge is 0.464 e. The van der Waals surface area contributed by atoms with Crippen LogP contribution in [0.3, 0.4) is 0 Å². The number of nitrogens with zero attached hydrogens (tertiary/aromatic N) is 1. The lowest BCUT2D eigenvalue weighted by atomic mass is 10.1. The van der Waals surface area contributed by atoms with E-state index < -0.39 is 0 Å². The van der Waals surface area contributed by atoms with E-state index >= 15 is 0 Å². The Bertz CT molecular complexity index is 579. The Morgan fingerprint density at radius 3 is 2.89 bits per heavy atom. The van der Waals surface area contributed by atoms with Crippen LogP contribution in [0, 0.1) is 6.92 Å². The van der Waals surface area contributed by atoms with Crippen molar-refractivity contribution >= 4 is 16.9 Å². The number of likely N-dealkylation sites (tertiary alicyclic amines) is 1. The van der Waals surface area contributed by atoms with E-state index in [1.807, 2.05) is 24.0 Å². The van der Waals surface area contributed by atoms with Gasteiger partial charge in [-0.3, -0.25) is 4.79 Å². The van der Waals surface area contributed by atoms with Crippen LogP contribution in [-0.4, -0.2) is 23.9 Å². The number of aryl methyl sites for hydroxylation is 1. The molecule has 94 valence electrons. The van der Waals surface area contributed by atoms with Crippen LogP contribution in [-0.2, 0) is 11.2 Å². The van der Waals surface area contributed by atoms with Gasteiger partial charge in [0.1, 0.15) is 5.58 Å². The lowest BCUT2D eigenvalue weighted by molar-refractivity contribution is -0.129. The van der Waals surface area contributed by atoms with Gasteiger partial charge in [0.05, 0.1) is 12.7 Å². The molecule has 1 aliphatic heterocycles. The monoisotopic (exact) mass is 243 g/mol. The molecule has 18 heavy (non-hydrogen) atoms. The zero-order valence-corrected chi connectivity index (χ0v) is 10.6. The summed E-state index contributed by atoms with van der Waals surface area (Å²) >= 11 is 0. The fourth-order valence-electron chi connectivity index (χ4n) is 2.57. The number of benzene rings is 1. The first-order valence-electron chi connectivity index (χ1n) is 6.48. The smallest absolute Gasteiger partial charge is 0.227 e. The van der Waals surface area contributed by atoms with Crippen LogP contribution in [0.25, 0.3) is 11.0 Å². The first kappa shape index (κ1) is 11.3. The predicted octanol–water partition coefficient (Wildman–Crippen LogP) is 2.91. The van der Waals surface area contributed by atoms with Crippen LogP contribution in [0.2, 0.25) is 0 Å². The molecule has 0 saturated carbocycles. The maximum absolute atomic E-state index is 12.1. The van der Waals surface area contributed by atoms with Crippen LogP contribution in [0.5, 0.6) is 0 Å². The first-order chi connectivity index (χ1) is 8.74. The Hall–Kier alpha value is -1.77. The van der Waals surface area contributed by atoms with E-state index in [0.717, 1.165) is 42.5 Å². The molecular weight excluding hydrogens is 226 g/mol. The van der Waals surface area contributed by atoms with Crippen molar-refractivity contribution < 1.29 is 9.21 Å². The Morgan fingerprint density at radius 1 is 1.33 bits per heavy atom. The summed E-state index contributed by atoms with van der Waals surface area (Å²) < 4.78 is 5.52. The van der Waals surface area contributed by atoms with Crippen LogP contribution < -0.4 is 0 Å². The van der Waals surface area contributed by atoms with Gasteiger partial charge >= 0.3 is 0 Å². The molecule has 0 bridgehead atoms. The van der Waals surface area contributed by atoms with Gasteiger partial charge in [-0.15, -0.1) is 0 Å². The van der Waals surface area contributed by atoms with Gasteiger partial charge in [-0.05, 0) is 31.4 Å². The Kier molecular flexibility index (Phi) is 2.82. The minimum atomic E-state index is 0.218. The van der Waals surface area contributed by atoms with Crippen LogP contribution >= 0.6 is 0 Å². The Balaban J connectivity index is 1.84. The van der Waals surface area contributed by atoms with Gasteiger partial charge in [-0.2, -0.15) is 0 Å².